The molecule has 136 valence electrons. The van der Waals surface area contributed by atoms with E-state index in [4.69, 9.17) is 15.2 Å². The van der Waals surface area contributed by atoms with Crippen LogP contribution in [0.1, 0.15) is 28.8 Å². The number of benzene rings is 2. The lowest BCUT2D eigenvalue weighted by atomic mass is 10.1. The highest BCUT2D eigenvalue weighted by molar-refractivity contribution is 5.93. The van der Waals surface area contributed by atoms with Crippen LogP contribution in [0.2, 0.25) is 0 Å². The van der Waals surface area contributed by atoms with E-state index in [-0.39, 0.29) is 0 Å². The Hall–Kier alpha value is -2.53. The molecule has 2 unspecified atom stereocenters. The Labute approximate surface area is 153 Å². The van der Waals surface area contributed by atoms with Gasteiger partial charge in [0.15, 0.2) is 0 Å². The summed E-state index contributed by atoms with van der Waals surface area (Å²) in [5.74, 6) is 2.80. The summed E-state index contributed by atoms with van der Waals surface area (Å²) < 4.78 is 11.8. The van der Waals surface area contributed by atoms with Crippen molar-refractivity contribution in [3.8, 4) is 17.2 Å². The van der Waals surface area contributed by atoms with Crippen molar-refractivity contribution in [1.82, 2.24) is 4.90 Å². The van der Waals surface area contributed by atoms with Gasteiger partial charge in [-0.1, -0.05) is 0 Å². The fourth-order valence-electron chi connectivity index (χ4n) is 3.08. The lowest BCUT2D eigenvalue weighted by Crippen LogP contribution is -2.12. The SMILES string of the molecule is Cc1cc(C(N)=O)ccc1Oc1ccc(OCC2CN2CC2CC2)cc1. The first-order chi connectivity index (χ1) is 12.6. The first-order valence-electron chi connectivity index (χ1n) is 9.14. The highest BCUT2D eigenvalue weighted by atomic mass is 16.5. The number of amides is 1. The molecule has 2 aliphatic rings. The zero-order chi connectivity index (χ0) is 18.1. The number of carbonyl (C=O) groups is 1. The van der Waals surface area contributed by atoms with E-state index in [1.807, 2.05) is 31.2 Å². The molecule has 5 heteroatoms. The molecule has 0 radical (unpaired) electrons. The number of hydrogen-bond acceptors (Lipinski definition) is 4. The third-order valence-electron chi connectivity index (χ3n) is 4.97. The molecule has 2 fully saturated rings. The van der Waals surface area contributed by atoms with Gasteiger partial charge >= 0.3 is 0 Å². The molecule has 0 aromatic heterocycles. The summed E-state index contributed by atoms with van der Waals surface area (Å²) in [6, 6.07) is 13.4. The number of nitrogens with two attached hydrogens (primary N) is 1. The van der Waals surface area contributed by atoms with Crippen LogP contribution in [0.3, 0.4) is 0 Å². The number of aryl methyl sites for hydroxylation is 1. The first-order valence-corrected chi connectivity index (χ1v) is 9.14. The van der Waals surface area contributed by atoms with Gasteiger partial charge in [-0.15, -0.1) is 0 Å². The predicted octanol–water partition coefficient (Wildman–Crippen LogP) is 3.36. The summed E-state index contributed by atoms with van der Waals surface area (Å²) in [4.78, 5) is 13.7. The van der Waals surface area contributed by atoms with E-state index in [9.17, 15) is 4.79 Å². The minimum absolute atomic E-state index is 0.437. The molecule has 1 saturated heterocycles. The van der Waals surface area contributed by atoms with Crippen LogP contribution in [-0.4, -0.2) is 36.5 Å². The number of primary amides is 1. The normalized spacial score (nSPS) is 21.3. The summed E-state index contributed by atoms with van der Waals surface area (Å²) >= 11 is 0. The van der Waals surface area contributed by atoms with Crippen molar-refractivity contribution in [2.75, 3.05) is 19.7 Å². The van der Waals surface area contributed by atoms with Crippen molar-refractivity contribution in [2.45, 2.75) is 25.8 Å². The highest BCUT2D eigenvalue weighted by Crippen LogP contribution is 2.34. The lowest BCUT2D eigenvalue weighted by molar-refractivity contribution is 0.1000. The molecule has 5 nitrogen and oxygen atoms in total. The van der Waals surface area contributed by atoms with Gasteiger partial charge in [0.2, 0.25) is 5.91 Å². The Morgan fingerprint density at radius 3 is 2.54 bits per heavy atom. The molecular formula is C21H24N2O3. The molecule has 4 rings (SSSR count). The smallest absolute Gasteiger partial charge is 0.248 e. The van der Waals surface area contributed by atoms with E-state index in [0.29, 0.717) is 17.4 Å². The van der Waals surface area contributed by atoms with Gasteiger partial charge in [0.1, 0.15) is 23.9 Å². The van der Waals surface area contributed by atoms with E-state index in [2.05, 4.69) is 4.90 Å². The van der Waals surface area contributed by atoms with E-state index in [1.165, 1.54) is 19.4 Å². The van der Waals surface area contributed by atoms with Crippen LogP contribution in [0.15, 0.2) is 42.5 Å². The van der Waals surface area contributed by atoms with Crippen molar-refractivity contribution >= 4 is 5.91 Å². The van der Waals surface area contributed by atoms with Crippen LogP contribution in [-0.2, 0) is 0 Å². The molecule has 1 saturated carbocycles. The van der Waals surface area contributed by atoms with Gasteiger partial charge in [-0.2, -0.15) is 0 Å². The Kier molecular flexibility index (Phi) is 4.55. The van der Waals surface area contributed by atoms with Crippen molar-refractivity contribution in [3.05, 3.63) is 53.6 Å². The number of nitrogens with zero attached hydrogens (tertiary/aromatic N) is 1. The van der Waals surface area contributed by atoms with Gasteiger partial charge in [-0.3, -0.25) is 9.69 Å². The summed E-state index contributed by atoms with van der Waals surface area (Å²) in [6.45, 7) is 5.05. The minimum atomic E-state index is -0.437. The second kappa shape index (κ2) is 7.00. The maximum Gasteiger partial charge on any atom is 0.248 e. The van der Waals surface area contributed by atoms with Crippen LogP contribution in [0.25, 0.3) is 0 Å². The molecule has 2 aromatic rings. The zero-order valence-electron chi connectivity index (χ0n) is 15.0. The molecule has 2 aromatic carbocycles. The summed E-state index contributed by atoms with van der Waals surface area (Å²) in [5.41, 5.74) is 6.64. The summed E-state index contributed by atoms with van der Waals surface area (Å²) in [7, 11) is 0. The second-order valence-corrected chi connectivity index (χ2v) is 7.28. The molecule has 1 heterocycles. The average molecular weight is 352 g/mol. The van der Waals surface area contributed by atoms with E-state index < -0.39 is 5.91 Å². The fourth-order valence-corrected chi connectivity index (χ4v) is 3.08. The molecule has 2 atom stereocenters. The van der Waals surface area contributed by atoms with E-state index >= 15 is 0 Å². The van der Waals surface area contributed by atoms with Gasteiger partial charge in [-0.25, -0.2) is 0 Å². The fraction of sp³-hybridized carbons (Fsp3) is 0.381. The van der Waals surface area contributed by atoms with Crippen molar-refractivity contribution < 1.29 is 14.3 Å². The van der Waals surface area contributed by atoms with Gasteiger partial charge in [-0.05, 0) is 73.7 Å². The minimum Gasteiger partial charge on any atom is -0.492 e. The van der Waals surface area contributed by atoms with E-state index in [1.54, 1.807) is 18.2 Å². The maximum atomic E-state index is 11.2. The molecule has 1 aliphatic carbocycles. The highest BCUT2D eigenvalue weighted by Gasteiger charge is 2.38. The first kappa shape index (κ1) is 16.9. The van der Waals surface area contributed by atoms with Crippen molar-refractivity contribution in [1.29, 1.82) is 0 Å². The van der Waals surface area contributed by atoms with Crippen molar-refractivity contribution in [3.63, 3.8) is 0 Å². The molecule has 0 spiro atoms. The Balaban J connectivity index is 1.29. The number of rotatable bonds is 8. The largest absolute Gasteiger partial charge is 0.492 e. The maximum absolute atomic E-state index is 11.2. The lowest BCUT2D eigenvalue weighted by Gasteiger charge is -2.11. The standard InChI is InChI=1S/C21H24N2O3/c1-14-10-16(21(22)24)4-9-20(14)26-19-7-5-18(6-8-19)25-13-17-12-23(17)11-15-2-3-15/h4-10,15,17H,2-3,11-13H2,1H3,(H2,22,24). The van der Waals surface area contributed by atoms with Crippen LogP contribution in [0.4, 0.5) is 0 Å². The molecule has 1 amide bonds. The third-order valence-corrected chi connectivity index (χ3v) is 4.97. The topological polar surface area (TPSA) is 64.6 Å². The Morgan fingerprint density at radius 2 is 1.88 bits per heavy atom. The summed E-state index contributed by atoms with van der Waals surface area (Å²) in [5, 5.41) is 0. The average Bonchev–Trinajstić information content (AvgIpc) is 3.55. The summed E-state index contributed by atoms with van der Waals surface area (Å²) in [6.07, 6.45) is 2.80. The van der Waals surface area contributed by atoms with Gasteiger partial charge in [0.05, 0.1) is 6.04 Å². The molecule has 2 N–H and O–H groups in total. The van der Waals surface area contributed by atoms with Crippen LogP contribution < -0.4 is 15.2 Å². The number of hydrogen-bond donors (Lipinski definition) is 1. The Morgan fingerprint density at radius 1 is 1.15 bits per heavy atom. The van der Waals surface area contributed by atoms with Crippen LogP contribution in [0, 0.1) is 12.8 Å². The van der Waals surface area contributed by atoms with Gasteiger partial charge < -0.3 is 15.2 Å². The monoisotopic (exact) mass is 352 g/mol. The third kappa shape index (κ3) is 4.17. The number of ether oxygens (including phenoxy) is 2. The van der Waals surface area contributed by atoms with Crippen LogP contribution in [0.5, 0.6) is 17.2 Å². The van der Waals surface area contributed by atoms with Gasteiger partial charge in [0, 0.05) is 18.7 Å². The van der Waals surface area contributed by atoms with Crippen LogP contribution >= 0.6 is 0 Å². The van der Waals surface area contributed by atoms with Crippen molar-refractivity contribution in [2.24, 2.45) is 11.7 Å². The number of carbonyl (C=O) groups excluding carboxylic acids is 1. The molecular weight excluding hydrogens is 328 g/mol. The predicted molar refractivity (Wildman–Crippen MR) is 99.8 cm³/mol. The second-order valence-electron chi connectivity index (χ2n) is 7.28. The molecule has 26 heavy (non-hydrogen) atoms. The molecule has 0 bridgehead atoms. The zero-order valence-corrected chi connectivity index (χ0v) is 15.0. The molecule has 1 aliphatic heterocycles. The Bertz CT molecular complexity index is 799. The van der Waals surface area contributed by atoms with E-state index in [0.717, 1.165) is 36.1 Å². The quantitative estimate of drug-likeness (QED) is 0.740. The van der Waals surface area contributed by atoms with Gasteiger partial charge in [0.25, 0.3) is 0 Å².